The van der Waals surface area contributed by atoms with Crippen LogP contribution in [0, 0.1) is 6.92 Å². The topological polar surface area (TPSA) is 17.1 Å². The van der Waals surface area contributed by atoms with Gasteiger partial charge < -0.3 is 0 Å². The molecule has 1 aromatic carbocycles. The van der Waals surface area contributed by atoms with E-state index < -0.39 is 12.3 Å². The van der Waals surface area contributed by atoms with Crippen molar-refractivity contribution in [3.63, 3.8) is 0 Å². The Balaban J connectivity index is 2.86. The molecule has 0 radical (unpaired) electrons. The zero-order chi connectivity index (χ0) is 9.90. The standard InChI is InChI=1S/C10H10F2O/c1-8-4-2-3-5-9(8)6-10(11,12)7-13/h2-5,7H,6H2,1H3. The maximum atomic E-state index is 12.7. The van der Waals surface area contributed by atoms with E-state index in [1.54, 1.807) is 31.2 Å². The molecule has 70 valence electrons. The van der Waals surface area contributed by atoms with Gasteiger partial charge in [-0.05, 0) is 18.1 Å². The summed E-state index contributed by atoms with van der Waals surface area (Å²) in [6.07, 6.45) is -0.817. The van der Waals surface area contributed by atoms with Crippen LogP contribution in [-0.4, -0.2) is 12.2 Å². The van der Waals surface area contributed by atoms with Crippen molar-refractivity contribution in [1.82, 2.24) is 0 Å². The van der Waals surface area contributed by atoms with Crippen LogP contribution in [0.1, 0.15) is 11.1 Å². The smallest absolute Gasteiger partial charge is 0.297 e. The molecule has 0 saturated carbocycles. The van der Waals surface area contributed by atoms with E-state index in [1.165, 1.54) is 0 Å². The Morgan fingerprint density at radius 2 is 2.00 bits per heavy atom. The van der Waals surface area contributed by atoms with Crippen molar-refractivity contribution in [2.75, 3.05) is 0 Å². The van der Waals surface area contributed by atoms with E-state index in [9.17, 15) is 13.6 Å². The van der Waals surface area contributed by atoms with Crippen LogP contribution >= 0.6 is 0 Å². The van der Waals surface area contributed by atoms with Gasteiger partial charge >= 0.3 is 5.92 Å². The van der Waals surface area contributed by atoms with Crippen molar-refractivity contribution >= 4 is 6.29 Å². The fourth-order valence-corrected chi connectivity index (χ4v) is 1.10. The van der Waals surface area contributed by atoms with Gasteiger partial charge in [0.2, 0.25) is 0 Å². The Kier molecular flexibility index (Phi) is 2.76. The number of rotatable bonds is 3. The van der Waals surface area contributed by atoms with Gasteiger partial charge in [-0.2, -0.15) is 8.78 Å². The summed E-state index contributed by atoms with van der Waals surface area (Å²) in [6.45, 7) is 1.75. The molecule has 0 aromatic heterocycles. The zero-order valence-electron chi connectivity index (χ0n) is 7.26. The average molecular weight is 184 g/mol. The highest BCUT2D eigenvalue weighted by Crippen LogP contribution is 2.19. The van der Waals surface area contributed by atoms with Crippen molar-refractivity contribution in [2.24, 2.45) is 0 Å². The number of benzene rings is 1. The molecular weight excluding hydrogens is 174 g/mol. The molecule has 0 aliphatic rings. The number of hydrogen-bond donors (Lipinski definition) is 0. The molecule has 0 fully saturated rings. The zero-order valence-corrected chi connectivity index (χ0v) is 7.26. The summed E-state index contributed by atoms with van der Waals surface area (Å²) in [5, 5.41) is 0. The Morgan fingerprint density at radius 1 is 1.38 bits per heavy atom. The summed E-state index contributed by atoms with van der Waals surface area (Å²) in [4.78, 5) is 9.99. The fraction of sp³-hybridized carbons (Fsp3) is 0.300. The summed E-state index contributed by atoms with van der Waals surface area (Å²) in [7, 11) is 0. The van der Waals surface area contributed by atoms with Gasteiger partial charge in [-0.3, -0.25) is 4.79 Å². The Hall–Kier alpha value is -1.25. The molecule has 1 rings (SSSR count). The normalized spacial score (nSPS) is 11.3. The van der Waals surface area contributed by atoms with Crippen molar-refractivity contribution in [1.29, 1.82) is 0 Å². The highest BCUT2D eigenvalue weighted by atomic mass is 19.3. The van der Waals surface area contributed by atoms with Crippen molar-refractivity contribution < 1.29 is 13.6 Å². The molecule has 0 N–H and O–H groups in total. The van der Waals surface area contributed by atoms with Gasteiger partial charge in [0.25, 0.3) is 0 Å². The maximum Gasteiger partial charge on any atom is 0.306 e. The van der Waals surface area contributed by atoms with E-state index in [2.05, 4.69) is 0 Å². The van der Waals surface area contributed by atoms with Gasteiger partial charge in [-0.1, -0.05) is 24.3 Å². The predicted molar refractivity (Wildman–Crippen MR) is 45.9 cm³/mol. The lowest BCUT2D eigenvalue weighted by Gasteiger charge is -2.10. The number of aldehydes is 1. The Morgan fingerprint density at radius 3 is 2.54 bits per heavy atom. The maximum absolute atomic E-state index is 12.7. The van der Waals surface area contributed by atoms with Gasteiger partial charge in [0, 0.05) is 6.42 Å². The van der Waals surface area contributed by atoms with Crippen LogP contribution in [-0.2, 0) is 11.2 Å². The molecule has 0 saturated heterocycles. The first kappa shape index (κ1) is 9.84. The van der Waals surface area contributed by atoms with Crippen LogP contribution in [0.15, 0.2) is 24.3 Å². The molecule has 13 heavy (non-hydrogen) atoms. The molecule has 0 aliphatic heterocycles. The third-order valence-electron chi connectivity index (χ3n) is 1.86. The van der Waals surface area contributed by atoms with Crippen LogP contribution in [0.3, 0.4) is 0 Å². The predicted octanol–water partition coefficient (Wildman–Crippen LogP) is 2.37. The van der Waals surface area contributed by atoms with Crippen LogP contribution in [0.25, 0.3) is 0 Å². The number of carbonyl (C=O) groups excluding carboxylic acids is 1. The monoisotopic (exact) mass is 184 g/mol. The Bertz CT molecular complexity index is 308. The minimum atomic E-state index is -3.24. The third-order valence-corrected chi connectivity index (χ3v) is 1.86. The summed E-state index contributed by atoms with van der Waals surface area (Å²) in [6, 6.07) is 6.81. The van der Waals surface area contributed by atoms with Gasteiger partial charge in [-0.15, -0.1) is 0 Å². The second-order valence-corrected chi connectivity index (χ2v) is 2.98. The lowest BCUT2D eigenvalue weighted by molar-refractivity contribution is -0.128. The van der Waals surface area contributed by atoms with Crippen molar-refractivity contribution in [2.45, 2.75) is 19.3 Å². The van der Waals surface area contributed by atoms with E-state index in [4.69, 9.17) is 0 Å². The Labute approximate surface area is 75.4 Å². The van der Waals surface area contributed by atoms with Crippen LogP contribution in [0.2, 0.25) is 0 Å². The van der Waals surface area contributed by atoms with Crippen LogP contribution in [0.5, 0.6) is 0 Å². The number of hydrogen-bond acceptors (Lipinski definition) is 1. The summed E-state index contributed by atoms with van der Waals surface area (Å²) >= 11 is 0. The molecule has 0 amide bonds. The number of alkyl halides is 2. The number of carbonyl (C=O) groups is 1. The summed E-state index contributed by atoms with van der Waals surface area (Å²) < 4.78 is 25.3. The minimum Gasteiger partial charge on any atom is -0.297 e. The molecule has 1 aromatic rings. The van der Waals surface area contributed by atoms with E-state index in [1.807, 2.05) is 0 Å². The van der Waals surface area contributed by atoms with Crippen molar-refractivity contribution in [3.8, 4) is 0 Å². The van der Waals surface area contributed by atoms with E-state index in [0.29, 0.717) is 5.56 Å². The molecule has 0 heterocycles. The summed E-state index contributed by atoms with van der Waals surface area (Å²) in [5.74, 6) is -3.24. The summed E-state index contributed by atoms with van der Waals surface area (Å²) in [5.41, 5.74) is 1.30. The van der Waals surface area contributed by atoms with Gasteiger partial charge in [-0.25, -0.2) is 0 Å². The van der Waals surface area contributed by atoms with Crippen LogP contribution < -0.4 is 0 Å². The largest absolute Gasteiger partial charge is 0.306 e. The lowest BCUT2D eigenvalue weighted by Crippen LogP contribution is -2.21. The highest BCUT2D eigenvalue weighted by Gasteiger charge is 2.28. The minimum absolute atomic E-state index is 0.306. The first-order valence-corrected chi connectivity index (χ1v) is 3.94. The molecule has 3 heteroatoms. The molecule has 0 aliphatic carbocycles. The van der Waals surface area contributed by atoms with Gasteiger partial charge in [0.1, 0.15) is 0 Å². The molecule has 0 atom stereocenters. The average Bonchev–Trinajstić information content (AvgIpc) is 2.09. The van der Waals surface area contributed by atoms with E-state index in [-0.39, 0.29) is 6.29 Å². The van der Waals surface area contributed by atoms with Crippen LogP contribution in [0.4, 0.5) is 8.78 Å². The SMILES string of the molecule is Cc1ccccc1CC(F)(F)C=O. The number of halogens is 2. The molecule has 0 bridgehead atoms. The first-order chi connectivity index (χ1) is 6.05. The van der Waals surface area contributed by atoms with E-state index >= 15 is 0 Å². The third kappa shape index (κ3) is 2.61. The second-order valence-electron chi connectivity index (χ2n) is 2.98. The fourth-order valence-electron chi connectivity index (χ4n) is 1.10. The molecular formula is C10H10F2O. The molecule has 1 nitrogen and oxygen atoms in total. The lowest BCUT2D eigenvalue weighted by atomic mass is 10.0. The second kappa shape index (κ2) is 3.64. The highest BCUT2D eigenvalue weighted by molar-refractivity contribution is 5.60. The van der Waals surface area contributed by atoms with Gasteiger partial charge in [0.15, 0.2) is 6.29 Å². The number of aryl methyl sites for hydroxylation is 1. The quantitative estimate of drug-likeness (QED) is 0.659. The van der Waals surface area contributed by atoms with Crippen molar-refractivity contribution in [3.05, 3.63) is 35.4 Å². The van der Waals surface area contributed by atoms with E-state index in [0.717, 1.165) is 5.56 Å². The molecule has 0 spiro atoms. The van der Waals surface area contributed by atoms with Gasteiger partial charge in [0.05, 0.1) is 0 Å². The molecule has 0 unspecified atom stereocenters. The first-order valence-electron chi connectivity index (χ1n) is 3.94.